The highest BCUT2D eigenvalue weighted by molar-refractivity contribution is 6.09. The van der Waals surface area contributed by atoms with Crippen molar-refractivity contribution in [1.82, 2.24) is 10.3 Å². The normalized spacial score (nSPS) is 20.7. The Balaban J connectivity index is 1.55. The van der Waals surface area contributed by atoms with Crippen LogP contribution in [0.1, 0.15) is 55.2 Å². The SMILES string of the molecule is CNC(C)(C(N)=O)[C@@H]1CN(C(=O)C2CCOCC2)c2cc(C#N)ccc2N(Cc2c(C3CC3)cnc3ccccc23)C1=O. The molecule has 2 fully saturated rings. The van der Waals surface area contributed by atoms with Gasteiger partial charge in [-0.3, -0.25) is 19.4 Å². The number of amides is 3. The Bertz CT molecular complexity index is 1640. The Kier molecular flexibility index (Phi) is 7.63. The van der Waals surface area contributed by atoms with Gasteiger partial charge in [0.25, 0.3) is 0 Å². The highest BCUT2D eigenvalue weighted by Crippen LogP contribution is 2.45. The molecule has 1 aromatic heterocycles. The maximum absolute atomic E-state index is 14.8. The number of nitrogens with two attached hydrogens (primary N) is 1. The lowest BCUT2D eigenvalue weighted by Gasteiger charge is -2.37. The van der Waals surface area contributed by atoms with Crippen LogP contribution in [-0.2, 0) is 25.7 Å². The lowest BCUT2D eigenvalue weighted by molar-refractivity contribution is -0.134. The number of para-hydroxylation sites is 1. The molecular weight excluding hydrogens is 544 g/mol. The second-order valence-corrected chi connectivity index (χ2v) is 11.9. The van der Waals surface area contributed by atoms with Crippen LogP contribution in [0.15, 0.2) is 48.7 Å². The number of nitriles is 1. The molecule has 3 aliphatic rings. The number of anilines is 2. The van der Waals surface area contributed by atoms with Crippen LogP contribution >= 0.6 is 0 Å². The minimum absolute atomic E-state index is 0.0692. The number of hydrogen-bond donors (Lipinski definition) is 2. The summed E-state index contributed by atoms with van der Waals surface area (Å²) in [5.74, 6) is -2.13. The second-order valence-electron chi connectivity index (χ2n) is 11.9. The molecule has 0 bridgehead atoms. The quantitative estimate of drug-likeness (QED) is 0.436. The van der Waals surface area contributed by atoms with Crippen LogP contribution in [0.25, 0.3) is 10.9 Å². The van der Waals surface area contributed by atoms with Crippen LogP contribution in [0.3, 0.4) is 0 Å². The van der Waals surface area contributed by atoms with Crippen LogP contribution in [0.2, 0.25) is 0 Å². The molecule has 1 aliphatic carbocycles. The van der Waals surface area contributed by atoms with Crippen molar-refractivity contribution in [3.05, 3.63) is 65.4 Å². The fraction of sp³-hybridized carbons (Fsp3) is 0.424. The molecule has 10 heteroatoms. The summed E-state index contributed by atoms with van der Waals surface area (Å²) in [4.78, 5) is 49.9. The van der Waals surface area contributed by atoms with E-state index in [4.69, 9.17) is 15.5 Å². The van der Waals surface area contributed by atoms with Gasteiger partial charge in [0.2, 0.25) is 17.7 Å². The number of benzene rings is 2. The summed E-state index contributed by atoms with van der Waals surface area (Å²) in [5, 5.41) is 13.8. The van der Waals surface area contributed by atoms with Gasteiger partial charge in [-0.25, -0.2) is 0 Å². The number of likely N-dealkylation sites (N-methyl/N-ethyl adjacent to an activating group) is 1. The zero-order valence-corrected chi connectivity index (χ0v) is 24.5. The van der Waals surface area contributed by atoms with Crippen LogP contribution in [0, 0.1) is 23.2 Å². The Morgan fingerprint density at radius 1 is 1.14 bits per heavy atom. The van der Waals surface area contributed by atoms with Gasteiger partial charge in [-0.2, -0.15) is 5.26 Å². The lowest BCUT2D eigenvalue weighted by Crippen LogP contribution is -2.63. The molecule has 1 saturated carbocycles. The van der Waals surface area contributed by atoms with Crippen LogP contribution in [0.5, 0.6) is 0 Å². The Morgan fingerprint density at radius 3 is 2.56 bits per heavy atom. The number of hydrogen-bond acceptors (Lipinski definition) is 7. The van der Waals surface area contributed by atoms with E-state index >= 15 is 0 Å². The minimum Gasteiger partial charge on any atom is -0.381 e. The van der Waals surface area contributed by atoms with Gasteiger partial charge in [0, 0.05) is 37.3 Å². The molecule has 2 aliphatic heterocycles. The molecule has 3 amide bonds. The third-order valence-electron chi connectivity index (χ3n) is 9.43. The third-order valence-corrected chi connectivity index (χ3v) is 9.43. The van der Waals surface area contributed by atoms with Crippen molar-refractivity contribution >= 4 is 40.0 Å². The number of nitrogens with one attached hydrogen (secondary N) is 1. The van der Waals surface area contributed by atoms with Crippen molar-refractivity contribution < 1.29 is 19.1 Å². The Morgan fingerprint density at radius 2 is 1.88 bits per heavy atom. The predicted molar refractivity (Wildman–Crippen MR) is 162 cm³/mol. The summed E-state index contributed by atoms with van der Waals surface area (Å²) in [5.41, 5.74) is 8.76. The van der Waals surface area contributed by atoms with E-state index in [2.05, 4.69) is 11.4 Å². The highest BCUT2D eigenvalue weighted by Gasteiger charge is 2.49. The maximum atomic E-state index is 14.8. The first-order valence-electron chi connectivity index (χ1n) is 14.9. The lowest BCUT2D eigenvalue weighted by atomic mass is 9.83. The van der Waals surface area contributed by atoms with Crippen molar-refractivity contribution in [3.8, 4) is 6.07 Å². The van der Waals surface area contributed by atoms with E-state index in [1.165, 1.54) is 0 Å². The van der Waals surface area contributed by atoms with Gasteiger partial charge in [0.15, 0.2) is 0 Å². The molecule has 3 aromatic rings. The Hall–Kier alpha value is -4.33. The standard InChI is InChI=1S/C33H36N6O4/c1-33(36-2,32(35)42)26-19-39(30(40)22-11-13-43-14-12-22)29-15-20(16-34)7-10-28(29)38(31(26)41)18-25-23-5-3-4-6-27(23)37-17-24(25)21-8-9-21/h3-7,10,15,17,21-22,26,36H,8-9,11-14,18-19H2,1-2H3,(H2,35,42)/t26-,33?/m1/s1. The second kappa shape index (κ2) is 11.4. The van der Waals surface area contributed by atoms with Gasteiger partial charge in [0.05, 0.1) is 41.0 Å². The summed E-state index contributed by atoms with van der Waals surface area (Å²) < 4.78 is 5.51. The first-order chi connectivity index (χ1) is 20.8. The molecule has 2 aromatic carbocycles. The number of carbonyl (C=O) groups is 3. The molecule has 3 N–H and O–H groups in total. The zero-order valence-electron chi connectivity index (χ0n) is 24.5. The van der Waals surface area contributed by atoms with Crippen LogP contribution in [-0.4, -0.2) is 55.1 Å². The zero-order chi connectivity index (χ0) is 30.3. The Labute approximate surface area is 250 Å². The number of nitrogens with zero attached hydrogens (tertiary/aromatic N) is 4. The number of carbonyl (C=O) groups excluding carboxylic acids is 3. The predicted octanol–water partition coefficient (Wildman–Crippen LogP) is 3.37. The van der Waals surface area contributed by atoms with E-state index in [1.54, 1.807) is 42.0 Å². The summed E-state index contributed by atoms with van der Waals surface area (Å²) in [7, 11) is 1.60. The molecule has 1 unspecified atom stereocenters. The molecule has 0 spiro atoms. The van der Waals surface area contributed by atoms with Crippen molar-refractivity contribution in [1.29, 1.82) is 5.26 Å². The van der Waals surface area contributed by atoms with E-state index in [-0.39, 0.29) is 30.8 Å². The van der Waals surface area contributed by atoms with Gasteiger partial charge in [-0.1, -0.05) is 18.2 Å². The smallest absolute Gasteiger partial charge is 0.238 e. The number of pyridine rings is 1. The molecule has 222 valence electrons. The van der Waals surface area contributed by atoms with Gasteiger partial charge >= 0.3 is 0 Å². The fourth-order valence-electron chi connectivity index (χ4n) is 6.43. The van der Waals surface area contributed by atoms with Crippen molar-refractivity contribution in [3.63, 3.8) is 0 Å². The number of rotatable bonds is 7. The molecule has 3 heterocycles. The van der Waals surface area contributed by atoms with E-state index < -0.39 is 17.4 Å². The average Bonchev–Trinajstić information content (AvgIpc) is 3.89. The molecule has 6 rings (SSSR count). The number of primary amides is 1. The van der Waals surface area contributed by atoms with E-state index in [1.807, 2.05) is 30.5 Å². The van der Waals surface area contributed by atoms with E-state index in [9.17, 15) is 19.6 Å². The summed E-state index contributed by atoms with van der Waals surface area (Å²) in [6, 6.07) is 15.1. The topological polar surface area (TPSA) is 142 Å². The maximum Gasteiger partial charge on any atom is 0.238 e. The van der Waals surface area contributed by atoms with E-state index in [0.29, 0.717) is 48.9 Å². The van der Waals surface area contributed by atoms with Crippen LogP contribution < -0.4 is 20.9 Å². The number of fused-ring (bicyclic) bond motifs is 2. The fourth-order valence-corrected chi connectivity index (χ4v) is 6.43. The largest absolute Gasteiger partial charge is 0.381 e. The number of aromatic nitrogens is 1. The molecule has 0 radical (unpaired) electrons. The highest BCUT2D eigenvalue weighted by atomic mass is 16.5. The van der Waals surface area contributed by atoms with Crippen molar-refractivity contribution in [2.45, 2.75) is 50.6 Å². The van der Waals surface area contributed by atoms with E-state index in [0.717, 1.165) is 34.9 Å². The third kappa shape index (κ3) is 5.13. The summed E-state index contributed by atoms with van der Waals surface area (Å²) in [6.45, 7) is 2.69. The molecule has 2 atom stereocenters. The van der Waals surface area contributed by atoms with Gasteiger partial charge in [-0.05, 0) is 81.0 Å². The molecular formula is C33H36N6O4. The minimum atomic E-state index is -1.46. The van der Waals surface area contributed by atoms with Crippen molar-refractivity contribution in [2.75, 3.05) is 36.6 Å². The van der Waals surface area contributed by atoms with Crippen molar-refractivity contribution in [2.24, 2.45) is 17.6 Å². The average molecular weight is 581 g/mol. The van der Waals surface area contributed by atoms with Gasteiger partial charge in [0.1, 0.15) is 5.54 Å². The van der Waals surface area contributed by atoms with Gasteiger partial charge in [-0.15, -0.1) is 0 Å². The first-order valence-corrected chi connectivity index (χ1v) is 14.9. The number of ether oxygens (including phenoxy) is 1. The van der Waals surface area contributed by atoms with Crippen LogP contribution in [0.4, 0.5) is 11.4 Å². The molecule has 10 nitrogen and oxygen atoms in total. The molecule has 43 heavy (non-hydrogen) atoms. The van der Waals surface area contributed by atoms with Gasteiger partial charge < -0.3 is 25.6 Å². The molecule has 1 saturated heterocycles. The monoisotopic (exact) mass is 580 g/mol. The summed E-state index contributed by atoms with van der Waals surface area (Å²) >= 11 is 0. The first kappa shape index (κ1) is 28.8. The summed E-state index contributed by atoms with van der Waals surface area (Å²) in [6.07, 6.45) is 5.13.